The van der Waals surface area contributed by atoms with Crippen LogP contribution in [0.1, 0.15) is 11.1 Å². The van der Waals surface area contributed by atoms with Crippen molar-refractivity contribution in [3.05, 3.63) is 48.0 Å². The van der Waals surface area contributed by atoms with Crippen molar-refractivity contribution in [3.63, 3.8) is 0 Å². The molecular formula is C11H10F3N3. The molecule has 1 aromatic carbocycles. The molecule has 0 saturated heterocycles. The summed E-state index contributed by atoms with van der Waals surface area (Å²) in [4.78, 5) is 3.74. The van der Waals surface area contributed by atoms with Crippen LogP contribution in [0.5, 0.6) is 0 Å². The molecule has 6 heteroatoms. The van der Waals surface area contributed by atoms with Crippen molar-refractivity contribution in [2.75, 3.05) is 0 Å². The molecule has 2 aromatic rings. The smallest absolute Gasteiger partial charge is 0.326 e. The van der Waals surface area contributed by atoms with E-state index in [9.17, 15) is 13.2 Å². The second kappa shape index (κ2) is 4.21. The Labute approximate surface area is 95.7 Å². The Bertz CT molecular complexity index is 503. The number of halogens is 3. The third-order valence-electron chi connectivity index (χ3n) is 2.38. The van der Waals surface area contributed by atoms with E-state index in [-0.39, 0.29) is 12.2 Å². The van der Waals surface area contributed by atoms with Crippen LogP contribution in [0.3, 0.4) is 0 Å². The van der Waals surface area contributed by atoms with Gasteiger partial charge in [-0.25, -0.2) is 4.98 Å². The van der Waals surface area contributed by atoms with E-state index in [0.717, 1.165) is 6.07 Å². The van der Waals surface area contributed by atoms with E-state index in [1.54, 1.807) is 6.07 Å². The van der Waals surface area contributed by atoms with Gasteiger partial charge in [0, 0.05) is 18.9 Å². The van der Waals surface area contributed by atoms with Crippen LogP contribution in [0, 0.1) is 0 Å². The van der Waals surface area contributed by atoms with Crippen LogP contribution in [0.2, 0.25) is 0 Å². The molecule has 0 bridgehead atoms. The molecule has 2 rings (SSSR count). The highest BCUT2D eigenvalue weighted by Crippen LogP contribution is 2.34. The van der Waals surface area contributed by atoms with E-state index in [1.165, 1.54) is 29.4 Å². The van der Waals surface area contributed by atoms with Crippen LogP contribution < -0.4 is 5.73 Å². The normalized spacial score (nSPS) is 11.8. The quantitative estimate of drug-likeness (QED) is 0.877. The van der Waals surface area contributed by atoms with Gasteiger partial charge in [0.1, 0.15) is 0 Å². The van der Waals surface area contributed by atoms with E-state index in [4.69, 9.17) is 5.73 Å². The number of hydrogen-bond donors (Lipinski definition) is 1. The first-order valence-electron chi connectivity index (χ1n) is 4.91. The van der Waals surface area contributed by atoms with Gasteiger partial charge >= 0.3 is 6.18 Å². The van der Waals surface area contributed by atoms with Crippen LogP contribution in [0.25, 0.3) is 5.69 Å². The molecule has 0 radical (unpaired) electrons. The largest absolute Gasteiger partial charge is 0.418 e. The van der Waals surface area contributed by atoms with Gasteiger partial charge in [0.2, 0.25) is 0 Å². The highest BCUT2D eigenvalue weighted by molar-refractivity contribution is 5.45. The zero-order valence-electron chi connectivity index (χ0n) is 8.78. The molecule has 0 amide bonds. The molecule has 0 aliphatic carbocycles. The third kappa shape index (κ3) is 2.31. The number of rotatable bonds is 2. The van der Waals surface area contributed by atoms with Gasteiger partial charge in [-0.15, -0.1) is 0 Å². The van der Waals surface area contributed by atoms with Gasteiger partial charge < -0.3 is 10.3 Å². The van der Waals surface area contributed by atoms with E-state index in [1.807, 2.05) is 0 Å². The first-order valence-corrected chi connectivity index (χ1v) is 4.91. The Morgan fingerprint density at radius 3 is 2.59 bits per heavy atom. The number of imidazole rings is 1. The molecule has 90 valence electrons. The predicted molar refractivity (Wildman–Crippen MR) is 56.5 cm³/mol. The fourth-order valence-corrected chi connectivity index (χ4v) is 1.56. The van der Waals surface area contributed by atoms with Gasteiger partial charge in [-0.3, -0.25) is 0 Å². The first-order chi connectivity index (χ1) is 8.02. The molecule has 2 N–H and O–H groups in total. The van der Waals surface area contributed by atoms with Crippen LogP contribution in [-0.2, 0) is 12.7 Å². The van der Waals surface area contributed by atoms with Crippen molar-refractivity contribution in [3.8, 4) is 5.69 Å². The molecule has 0 aliphatic rings. The van der Waals surface area contributed by atoms with Gasteiger partial charge in [0.25, 0.3) is 0 Å². The Morgan fingerprint density at radius 1 is 1.29 bits per heavy atom. The van der Waals surface area contributed by atoms with Crippen molar-refractivity contribution in [2.45, 2.75) is 12.7 Å². The summed E-state index contributed by atoms with van der Waals surface area (Å²) in [6.07, 6.45) is -0.193. The number of nitrogens with zero attached hydrogens (tertiary/aromatic N) is 2. The van der Waals surface area contributed by atoms with Crippen LogP contribution in [0.15, 0.2) is 36.9 Å². The van der Waals surface area contributed by atoms with E-state index in [0.29, 0.717) is 5.56 Å². The lowest BCUT2D eigenvalue weighted by Crippen LogP contribution is -2.11. The lowest BCUT2D eigenvalue weighted by molar-refractivity contribution is -0.137. The topological polar surface area (TPSA) is 43.8 Å². The molecule has 0 spiro atoms. The van der Waals surface area contributed by atoms with E-state index in [2.05, 4.69) is 4.98 Å². The first kappa shape index (κ1) is 11.7. The van der Waals surface area contributed by atoms with Gasteiger partial charge in [-0.1, -0.05) is 6.07 Å². The molecule has 0 saturated carbocycles. The Balaban J connectivity index is 2.59. The molecule has 0 atom stereocenters. The van der Waals surface area contributed by atoms with Gasteiger partial charge in [0.05, 0.1) is 17.6 Å². The molecule has 0 fully saturated rings. The fourth-order valence-electron chi connectivity index (χ4n) is 1.56. The summed E-state index contributed by atoms with van der Waals surface area (Å²) in [6, 6.07) is 4.03. The zero-order valence-corrected chi connectivity index (χ0v) is 8.78. The lowest BCUT2D eigenvalue weighted by Gasteiger charge is -2.14. The number of nitrogens with two attached hydrogens (primary N) is 1. The highest BCUT2D eigenvalue weighted by Gasteiger charge is 2.34. The Hall–Kier alpha value is -1.82. The maximum atomic E-state index is 12.9. The summed E-state index contributed by atoms with van der Waals surface area (Å²) < 4.78 is 40.0. The second-order valence-corrected chi connectivity index (χ2v) is 3.52. The maximum absolute atomic E-state index is 12.9. The van der Waals surface area contributed by atoms with Crippen molar-refractivity contribution in [2.24, 2.45) is 5.73 Å². The monoisotopic (exact) mass is 241 g/mol. The number of benzene rings is 1. The van der Waals surface area contributed by atoms with E-state index >= 15 is 0 Å². The summed E-state index contributed by atoms with van der Waals surface area (Å²) in [7, 11) is 0. The van der Waals surface area contributed by atoms with Gasteiger partial charge in [-0.05, 0) is 17.7 Å². The van der Waals surface area contributed by atoms with Crippen molar-refractivity contribution in [1.82, 2.24) is 9.55 Å². The van der Waals surface area contributed by atoms with Gasteiger partial charge in [0.15, 0.2) is 0 Å². The van der Waals surface area contributed by atoms with Crippen LogP contribution >= 0.6 is 0 Å². The van der Waals surface area contributed by atoms with Crippen LogP contribution in [0.4, 0.5) is 13.2 Å². The molecule has 1 heterocycles. The van der Waals surface area contributed by atoms with E-state index < -0.39 is 11.7 Å². The standard InChI is InChI=1S/C11H10F3N3/c12-11(13,14)9-5-8(6-15)1-2-10(9)17-4-3-16-7-17/h1-5,7H,6,15H2. The average Bonchev–Trinajstić information content (AvgIpc) is 2.80. The molecular weight excluding hydrogens is 231 g/mol. The van der Waals surface area contributed by atoms with Crippen molar-refractivity contribution in [1.29, 1.82) is 0 Å². The average molecular weight is 241 g/mol. The summed E-state index contributed by atoms with van der Waals surface area (Å²) in [6.45, 7) is 0.0767. The van der Waals surface area contributed by atoms with Crippen molar-refractivity contribution >= 4 is 0 Å². The Kier molecular flexibility index (Phi) is 2.89. The molecule has 0 aliphatic heterocycles. The molecule has 0 unspecified atom stereocenters. The third-order valence-corrected chi connectivity index (χ3v) is 2.38. The fraction of sp³-hybridized carbons (Fsp3) is 0.182. The van der Waals surface area contributed by atoms with Crippen LogP contribution in [-0.4, -0.2) is 9.55 Å². The number of alkyl halides is 3. The summed E-state index contributed by atoms with van der Waals surface area (Å²) >= 11 is 0. The second-order valence-electron chi connectivity index (χ2n) is 3.52. The minimum Gasteiger partial charge on any atom is -0.326 e. The molecule has 17 heavy (non-hydrogen) atoms. The number of aromatic nitrogens is 2. The Morgan fingerprint density at radius 2 is 2.06 bits per heavy atom. The minimum absolute atomic E-state index is 0.0483. The molecule has 1 aromatic heterocycles. The minimum atomic E-state index is -4.41. The predicted octanol–water partition coefficient (Wildman–Crippen LogP) is 2.35. The molecule has 3 nitrogen and oxygen atoms in total. The number of hydrogen-bond acceptors (Lipinski definition) is 2. The summed E-state index contributed by atoms with van der Waals surface area (Å²) in [5, 5.41) is 0. The zero-order chi connectivity index (χ0) is 12.5. The van der Waals surface area contributed by atoms with Gasteiger partial charge in [-0.2, -0.15) is 13.2 Å². The SMILES string of the molecule is NCc1ccc(-n2ccnc2)c(C(F)(F)F)c1. The lowest BCUT2D eigenvalue weighted by atomic mass is 10.1. The summed E-state index contributed by atoms with van der Waals surface area (Å²) in [5.74, 6) is 0. The maximum Gasteiger partial charge on any atom is 0.418 e. The van der Waals surface area contributed by atoms with Crippen molar-refractivity contribution < 1.29 is 13.2 Å². The summed E-state index contributed by atoms with van der Waals surface area (Å²) in [5.41, 5.74) is 5.13. The highest BCUT2D eigenvalue weighted by atomic mass is 19.4.